The summed E-state index contributed by atoms with van der Waals surface area (Å²) in [4.78, 5) is 10.5. The number of fused-ring (bicyclic) bond motifs is 2. The quantitative estimate of drug-likeness (QED) is 0.738. The fraction of sp³-hybridized carbons (Fsp3) is 0.353. The van der Waals surface area contributed by atoms with Gasteiger partial charge in [0.25, 0.3) is 0 Å². The van der Waals surface area contributed by atoms with Gasteiger partial charge in [-0.2, -0.15) is 0 Å². The molecule has 0 bridgehead atoms. The highest BCUT2D eigenvalue weighted by Gasteiger charge is 2.26. The van der Waals surface area contributed by atoms with Crippen LogP contribution in [0.2, 0.25) is 0 Å². The number of likely N-dealkylation sites (N-methyl/N-ethyl adjacent to an activating group) is 1. The Morgan fingerprint density at radius 1 is 1.17 bits per heavy atom. The topological polar surface area (TPSA) is 28.1 Å². The first-order valence-corrected chi connectivity index (χ1v) is 8.52. The van der Waals surface area contributed by atoms with Gasteiger partial charge in [0.2, 0.25) is 0 Å². The second-order valence-corrected chi connectivity index (χ2v) is 7.22. The van der Waals surface area contributed by atoms with Crippen LogP contribution < -0.4 is 4.74 Å². The second-order valence-electron chi connectivity index (χ2n) is 6.00. The molecule has 2 aliphatic heterocycles. The molecule has 2 aliphatic rings. The number of halogens is 1. The minimum Gasteiger partial charge on any atom is -0.444 e. The van der Waals surface area contributed by atoms with Gasteiger partial charge in [-0.25, -0.2) is 9.38 Å². The van der Waals surface area contributed by atoms with Gasteiger partial charge in [-0.05, 0) is 32.2 Å². The molecule has 0 spiro atoms. The van der Waals surface area contributed by atoms with Crippen LogP contribution in [0.1, 0.15) is 10.4 Å². The summed E-state index contributed by atoms with van der Waals surface area (Å²) in [5, 5.41) is 0.838. The standard InChI is InChI=1S/C17H18FN3OS/c1-11-9-13-16(21-7-5-20(2)6-8-21)19-14-10-12(18)3-4-15(14)22-17(13)23-11/h3-4,9-10H,5-8H2,1-2H3. The maximum Gasteiger partial charge on any atom is 0.192 e. The van der Waals surface area contributed by atoms with Crippen LogP contribution in [0, 0.1) is 12.7 Å². The molecule has 0 unspecified atom stereocenters. The van der Waals surface area contributed by atoms with E-state index in [1.807, 2.05) is 0 Å². The molecule has 3 heterocycles. The third-order valence-electron chi connectivity index (χ3n) is 4.21. The summed E-state index contributed by atoms with van der Waals surface area (Å²) < 4.78 is 19.6. The van der Waals surface area contributed by atoms with Gasteiger partial charge < -0.3 is 14.5 Å². The molecule has 6 heteroatoms. The lowest BCUT2D eigenvalue weighted by Gasteiger charge is -2.34. The van der Waals surface area contributed by atoms with Gasteiger partial charge >= 0.3 is 0 Å². The molecule has 0 aliphatic carbocycles. The number of benzene rings is 1. The minimum absolute atomic E-state index is 0.296. The first-order valence-electron chi connectivity index (χ1n) is 7.70. The molecule has 1 fully saturated rings. The van der Waals surface area contributed by atoms with Gasteiger partial charge in [-0.15, -0.1) is 11.3 Å². The zero-order valence-corrected chi connectivity index (χ0v) is 14.0. The Morgan fingerprint density at radius 3 is 2.74 bits per heavy atom. The highest BCUT2D eigenvalue weighted by atomic mass is 32.1. The van der Waals surface area contributed by atoms with Crippen molar-refractivity contribution in [2.24, 2.45) is 4.99 Å². The van der Waals surface area contributed by atoms with E-state index in [0.29, 0.717) is 11.4 Å². The van der Waals surface area contributed by atoms with E-state index in [1.54, 1.807) is 17.4 Å². The lowest BCUT2D eigenvalue weighted by atomic mass is 10.2. The fourth-order valence-electron chi connectivity index (χ4n) is 2.92. The minimum atomic E-state index is -0.296. The molecule has 2 aromatic rings. The Bertz CT molecular complexity index is 778. The van der Waals surface area contributed by atoms with Crippen molar-refractivity contribution in [3.8, 4) is 10.8 Å². The van der Waals surface area contributed by atoms with E-state index in [1.165, 1.54) is 17.0 Å². The molecule has 120 valence electrons. The van der Waals surface area contributed by atoms with E-state index in [4.69, 9.17) is 9.73 Å². The summed E-state index contributed by atoms with van der Waals surface area (Å²) in [5.41, 5.74) is 1.56. The molecule has 23 heavy (non-hydrogen) atoms. The Labute approximate surface area is 138 Å². The van der Waals surface area contributed by atoms with Gasteiger partial charge in [-0.1, -0.05) is 0 Å². The molecule has 0 saturated carbocycles. The van der Waals surface area contributed by atoms with Crippen LogP contribution in [0.3, 0.4) is 0 Å². The largest absolute Gasteiger partial charge is 0.444 e. The number of piperazine rings is 1. The Balaban J connectivity index is 1.82. The number of rotatable bonds is 0. The zero-order chi connectivity index (χ0) is 16.0. The lowest BCUT2D eigenvalue weighted by Crippen LogP contribution is -2.47. The Hall–Kier alpha value is -1.92. The summed E-state index contributed by atoms with van der Waals surface area (Å²) in [6.07, 6.45) is 0. The molecule has 4 rings (SSSR count). The average molecular weight is 331 g/mol. The highest BCUT2D eigenvalue weighted by molar-refractivity contribution is 7.14. The van der Waals surface area contributed by atoms with Crippen molar-refractivity contribution in [1.29, 1.82) is 0 Å². The summed E-state index contributed by atoms with van der Waals surface area (Å²) in [5.74, 6) is 1.20. The lowest BCUT2D eigenvalue weighted by molar-refractivity contribution is 0.216. The number of thiophene rings is 1. The van der Waals surface area contributed by atoms with Crippen molar-refractivity contribution in [3.63, 3.8) is 0 Å². The van der Waals surface area contributed by atoms with Gasteiger partial charge in [-0.3, -0.25) is 0 Å². The van der Waals surface area contributed by atoms with Crippen molar-refractivity contribution in [1.82, 2.24) is 9.80 Å². The average Bonchev–Trinajstić information content (AvgIpc) is 2.82. The molecule has 0 atom stereocenters. The van der Waals surface area contributed by atoms with Crippen LogP contribution in [0.15, 0.2) is 29.3 Å². The molecule has 1 aromatic heterocycles. The van der Waals surface area contributed by atoms with E-state index in [0.717, 1.165) is 42.6 Å². The van der Waals surface area contributed by atoms with Crippen LogP contribution in [0.5, 0.6) is 10.8 Å². The molecule has 0 amide bonds. The maximum absolute atomic E-state index is 13.6. The van der Waals surface area contributed by atoms with E-state index in [-0.39, 0.29) is 5.82 Å². The van der Waals surface area contributed by atoms with Crippen LogP contribution in [-0.4, -0.2) is 48.9 Å². The number of hydrogen-bond donors (Lipinski definition) is 0. The SMILES string of the molecule is Cc1cc2c(s1)Oc1ccc(F)cc1N=C2N1CCN(C)CC1. The zero-order valence-electron chi connectivity index (χ0n) is 13.2. The second kappa shape index (κ2) is 5.62. The van der Waals surface area contributed by atoms with Crippen LogP contribution >= 0.6 is 11.3 Å². The first kappa shape index (κ1) is 14.7. The van der Waals surface area contributed by atoms with E-state index in [9.17, 15) is 4.39 Å². The number of aryl methyl sites for hydroxylation is 1. The molecule has 4 nitrogen and oxygen atoms in total. The van der Waals surface area contributed by atoms with Crippen molar-refractivity contribution in [2.45, 2.75) is 6.92 Å². The highest BCUT2D eigenvalue weighted by Crippen LogP contribution is 2.42. The molecule has 1 saturated heterocycles. The van der Waals surface area contributed by atoms with Gasteiger partial charge in [0, 0.05) is 37.1 Å². The Kier molecular flexibility index (Phi) is 3.58. The van der Waals surface area contributed by atoms with Gasteiger partial charge in [0.1, 0.15) is 17.3 Å². The fourth-order valence-corrected chi connectivity index (χ4v) is 3.78. The monoisotopic (exact) mass is 331 g/mol. The first-order chi connectivity index (χ1) is 11.1. The number of aliphatic imine (C=N–C) groups is 1. The summed E-state index contributed by atoms with van der Waals surface area (Å²) in [7, 11) is 2.13. The predicted octanol–water partition coefficient (Wildman–Crippen LogP) is 3.63. The van der Waals surface area contributed by atoms with E-state index >= 15 is 0 Å². The number of nitrogens with zero attached hydrogens (tertiary/aromatic N) is 3. The Morgan fingerprint density at radius 2 is 1.96 bits per heavy atom. The molecular formula is C17H18FN3OS. The van der Waals surface area contributed by atoms with E-state index < -0.39 is 0 Å². The van der Waals surface area contributed by atoms with Crippen LogP contribution in [-0.2, 0) is 0 Å². The number of amidine groups is 1. The molecular weight excluding hydrogens is 313 g/mol. The smallest absolute Gasteiger partial charge is 0.192 e. The maximum atomic E-state index is 13.6. The summed E-state index contributed by atoms with van der Waals surface area (Å²) in [6.45, 7) is 5.88. The number of hydrogen-bond acceptors (Lipinski definition) is 5. The van der Waals surface area contributed by atoms with Gasteiger partial charge in [0.15, 0.2) is 10.8 Å². The molecule has 0 radical (unpaired) electrons. The third kappa shape index (κ3) is 2.72. The van der Waals surface area contributed by atoms with Crippen molar-refractivity contribution in [3.05, 3.63) is 40.5 Å². The molecule has 1 aromatic carbocycles. The molecule has 0 N–H and O–H groups in total. The van der Waals surface area contributed by atoms with Crippen molar-refractivity contribution in [2.75, 3.05) is 33.2 Å². The normalized spacial score (nSPS) is 17.9. The summed E-state index contributed by atoms with van der Waals surface area (Å²) >= 11 is 1.61. The summed E-state index contributed by atoms with van der Waals surface area (Å²) in [6, 6.07) is 6.61. The van der Waals surface area contributed by atoms with E-state index in [2.05, 4.69) is 29.8 Å². The van der Waals surface area contributed by atoms with Gasteiger partial charge in [0.05, 0.1) is 5.56 Å². The van der Waals surface area contributed by atoms with Crippen LogP contribution in [0.4, 0.5) is 10.1 Å². The van der Waals surface area contributed by atoms with Crippen LogP contribution in [0.25, 0.3) is 0 Å². The van der Waals surface area contributed by atoms with Crippen molar-refractivity contribution < 1.29 is 9.13 Å². The predicted molar refractivity (Wildman–Crippen MR) is 90.8 cm³/mol. The number of ether oxygens (including phenoxy) is 1. The third-order valence-corrected chi connectivity index (χ3v) is 5.14. The van der Waals surface area contributed by atoms with Crippen molar-refractivity contribution >= 4 is 22.9 Å².